The number of ether oxygens (including phenoxy) is 2. The van der Waals surface area contributed by atoms with Gasteiger partial charge in [-0.1, -0.05) is 0 Å². The van der Waals surface area contributed by atoms with Crippen LogP contribution >= 0.6 is 12.2 Å². The van der Waals surface area contributed by atoms with Crippen LogP contribution in [0.15, 0.2) is 53.5 Å². The van der Waals surface area contributed by atoms with Crippen molar-refractivity contribution in [2.24, 2.45) is 10.9 Å². The van der Waals surface area contributed by atoms with Gasteiger partial charge in [0.15, 0.2) is 5.78 Å². The highest BCUT2D eigenvalue weighted by Gasteiger charge is 2.15. The van der Waals surface area contributed by atoms with Gasteiger partial charge >= 0.3 is 5.97 Å². The van der Waals surface area contributed by atoms with E-state index < -0.39 is 0 Å². The summed E-state index contributed by atoms with van der Waals surface area (Å²) < 4.78 is 10.5. The number of thiocarbonyl (C=S) groups is 1. The third-order valence-electron chi connectivity index (χ3n) is 3.61. The molecule has 0 fully saturated rings. The first-order valence-electron chi connectivity index (χ1n) is 8.17. The van der Waals surface area contributed by atoms with Crippen molar-refractivity contribution in [1.29, 1.82) is 0 Å². The monoisotopic (exact) mass is 369 g/mol. The molecule has 0 bridgehead atoms. The van der Waals surface area contributed by atoms with Crippen LogP contribution in [0.25, 0.3) is 0 Å². The molecule has 1 atom stereocenters. The molecule has 2 rings (SSSR count). The fourth-order valence-electron chi connectivity index (χ4n) is 2.18. The molecule has 0 aliphatic carbocycles. The standard InChI is InChI=1S/C20H19NO4S/c1-3-24-20(23)14(2)12-25-18-10-6-16(7-11-18)19(22)15-4-8-17(9-5-15)21-13-26/h4-11,14H,3,12H2,1-2H3. The van der Waals surface area contributed by atoms with E-state index in [1.54, 1.807) is 62.4 Å². The second-order valence-electron chi connectivity index (χ2n) is 5.57. The molecule has 0 heterocycles. The molecule has 0 amide bonds. The van der Waals surface area contributed by atoms with Crippen LogP contribution in [-0.2, 0) is 9.53 Å². The predicted octanol–water partition coefficient (Wildman–Crippen LogP) is 4.23. The van der Waals surface area contributed by atoms with Crippen LogP contribution in [0.5, 0.6) is 5.75 Å². The van der Waals surface area contributed by atoms with Crippen LogP contribution < -0.4 is 4.74 Å². The number of hydrogen-bond acceptors (Lipinski definition) is 6. The summed E-state index contributed by atoms with van der Waals surface area (Å²) in [6.07, 6.45) is 0. The molecule has 1 unspecified atom stereocenters. The van der Waals surface area contributed by atoms with Crippen LogP contribution in [0, 0.1) is 5.92 Å². The fourth-order valence-corrected chi connectivity index (χ4v) is 2.29. The predicted molar refractivity (Wildman–Crippen MR) is 102 cm³/mol. The molecule has 26 heavy (non-hydrogen) atoms. The highest BCUT2D eigenvalue weighted by Crippen LogP contribution is 2.18. The normalized spacial score (nSPS) is 11.2. The zero-order valence-corrected chi connectivity index (χ0v) is 15.4. The summed E-state index contributed by atoms with van der Waals surface area (Å²) >= 11 is 4.55. The molecule has 0 spiro atoms. The highest BCUT2D eigenvalue weighted by atomic mass is 32.1. The zero-order chi connectivity index (χ0) is 18.9. The largest absolute Gasteiger partial charge is 0.493 e. The maximum atomic E-state index is 12.5. The molecule has 0 aliphatic heterocycles. The molecule has 6 heteroatoms. The molecule has 5 nitrogen and oxygen atoms in total. The summed E-state index contributed by atoms with van der Waals surface area (Å²) in [5.74, 6) is -0.164. The molecule has 2 aromatic rings. The Morgan fingerprint density at radius 2 is 1.65 bits per heavy atom. The number of ketones is 1. The van der Waals surface area contributed by atoms with Crippen molar-refractivity contribution in [1.82, 2.24) is 0 Å². The summed E-state index contributed by atoms with van der Waals surface area (Å²) in [4.78, 5) is 27.9. The van der Waals surface area contributed by atoms with Gasteiger partial charge in [-0.2, -0.15) is 4.99 Å². The topological polar surface area (TPSA) is 65.0 Å². The lowest BCUT2D eigenvalue weighted by atomic mass is 10.0. The third kappa shape index (κ3) is 5.34. The van der Waals surface area contributed by atoms with Gasteiger partial charge in [0.2, 0.25) is 0 Å². The van der Waals surface area contributed by atoms with E-state index in [0.717, 1.165) is 0 Å². The minimum atomic E-state index is -0.357. The number of rotatable bonds is 8. The Hall–Kier alpha value is -2.82. The van der Waals surface area contributed by atoms with Crippen LogP contribution in [0.4, 0.5) is 5.69 Å². The van der Waals surface area contributed by atoms with E-state index in [-0.39, 0.29) is 24.3 Å². The van der Waals surface area contributed by atoms with Gasteiger partial charge in [-0.15, -0.1) is 0 Å². The van der Waals surface area contributed by atoms with Crippen molar-refractivity contribution < 1.29 is 19.1 Å². The average Bonchev–Trinajstić information content (AvgIpc) is 2.67. The van der Waals surface area contributed by atoms with Crippen LogP contribution in [0.2, 0.25) is 0 Å². The smallest absolute Gasteiger partial charge is 0.312 e. The van der Waals surface area contributed by atoms with Crippen LogP contribution in [0.3, 0.4) is 0 Å². The lowest BCUT2D eigenvalue weighted by Gasteiger charge is -2.12. The molecule has 0 aromatic heterocycles. The second-order valence-corrected chi connectivity index (χ2v) is 5.75. The lowest BCUT2D eigenvalue weighted by Crippen LogP contribution is -2.21. The summed E-state index contributed by atoms with van der Waals surface area (Å²) in [5.41, 5.74) is 1.75. The summed E-state index contributed by atoms with van der Waals surface area (Å²) in [7, 11) is 0. The van der Waals surface area contributed by atoms with E-state index in [1.165, 1.54) is 0 Å². The van der Waals surface area contributed by atoms with Crippen molar-refractivity contribution in [3.05, 3.63) is 59.7 Å². The van der Waals surface area contributed by atoms with Gasteiger partial charge in [0.1, 0.15) is 12.4 Å². The Balaban J connectivity index is 1.98. The molecule has 0 saturated carbocycles. The molecule has 0 saturated heterocycles. The first-order chi connectivity index (χ1) is 12.5. The number of hydrogen-bond donors (Lipinski definition) is 0. The maximum absolute atomic E-state index is 12.5. The average molecular weight is 369 g/mol. The van der Waals surface area contributed by atoms with E-state index in [1.807, 2.05) is 0 Å². The van der Waals surface area contributed by atoms with E-state index in [0.29, 0.717) is 29.2 Å². The zero-order valence-electron chi connectivity index (χ0n) is 14.6. The van der Waals surface area contributed by atoms with Crippen LogP contribution in [0.1, 0.15) is 29.8 Å². The van der Waals surface area contributed by atoms with Gasteiger partial charge < -0.3 is 9.47 Å². The van der Waals surface area contributed by atoms with Crippen molar-refractivity contribution in [2.45, 2.75) is 13.8 Å². The Morgan fingerprint density at radius 1 is 1.08 bits per heavy atom. The molecule has 0 N–H and O–H groups in total. The fraction of sp³-hybridized carbons (Fsp3) is 0.250. The first-order valence-corrected chi connectivity index (χ1v) is 8.58. The van der Waals surface area contributed by atoms with E-state index >= 15 is 0 Å². The number of esters is 1. The SMILES string of the molecule is CCOC(=O)C(C)COc1ccc(C(=O)c2ccc(N=C=S)cc2)cc1. The molecule has 0 radical (unpaired) electrons. The van der Waals surface area contributed by atoms with Gasteiger partial charge in [-0.3, -0.25) is 9.59 Å². The minimum Gasteiger partial charge on any atom is -0.493 e. The van der Waals surface area contributed by atoms with Crippen molar-refractivity contribution >= 4 is 34.8 Å². The molecule has 0 aliphatic rings. The maximum Gasteiger partial charge on any atom is 0.312 e. The van der Waals surface area contributed by atoms with Gasteiger partial charge in [-0.25, -0.2) is 0 Å². The van der Waals surface area contributed by atoms with E-state index in [4.69, 9.17) is 9.47 Å². The van der Waals surface area contributed by atoms with E-state index in [9.17, 15) is 9.59 Å². The Labute approximate surface area is 157 Å². The molecular formula is C20H19NO4S. The van der Waals surface area contributed by atoms with Gasteiger partial charge in [0.25, 0.3) is 0 Å². The Kier molecular flexibility index (Phi) is 7.21. The number of carbonyl (C=O) groups is 2. The number of aliphatic imine (C=N–C) groups is 1. The summed E-state index contributed by atoms with van der Waals surface area (Å²) in [5, 5.41) is 2.28. The van der Waals surface area contributed by atoms with Gasteiger partial charge in [0.05, 0.1) is 23.4 Å². The van der Waals surface area contributed by atoms with Crippen molar-refractivity contribution in [3.8, 4) is 5.75 Å². The Morgan fingerprint density at radius 3 is 2.19 bits per heavy atom. The number of carbonyl (C=O) groups excluding carboxylic acids is 2. The minimum absolute atomic E-state index is 0.102. The lowest BCUT2D eigenvalue weighted by molar-refractivity contribution is -0.148. The Bertz CT molecular complexity index is 809. The molecule has 2 aromatic carbocycles. The molecular weight excluding hydrogens is 350 g/mol. The highest BCUT2D eigenvalue weighted by molar-refractivity contribution is 7.78. The number of benzene rings is 2. The number of isothiocyanates is 1. The van der Waals surface area contributed by atoms with Crippen molar-refractivity contribution in [2.75, 3.05) is 13.2 Å². The van der Waals surface area contributed by atoms with Crippen molar-refractivity contribution in [3.63, 3.8) is 0 Å². The second kappa shape index (κ2) is 9.61. The summed E-state index contributed by atoms with van der Waals surface area (Å²) in [6.45, 7) is 4.07. The molecule has 134 valence electrons. The summed E-state index contributed by atoms with van der Waals surface area (Å²) in [6, 6.07) is 13.6. The number of nitrogens with zero attached hydrogens (tertiary/aromatic N) is 1. The van der Waals surface area contributed by atoms with E-state index in [2.05, 4.69) is 22.4 Å². The van der Waals surface area contributed by atoms with Gasteiger partial charge in [-0.05, 0) is 74.6 Å². The quantitative estimate of drug-likeness (QED) is 0.301. The van der Waals surface area contributed by atoms with Crippen LogP contribution in [-0.4, -0.2) is 30.1 Å². The third-order valence-corrected chi connectivity index (χ3v) is 3.70. The van der Waals surface area contributed by atoms with Gasteiger partial charge in [0, 0.05) is 11.1 Å². The first kappa shape index (κ1) is 19.5.